The molecule has 1 amide bonds. The number of ether oxygens (including phenoxy) is 1. The summed E-state index contributed by atoms with van der Waals surface area (Å²) in [6, 6.07) is -0.00119. The van der Waals surface area contributed by atoms with Crippen LogP contribution in [-0.2, 0) is 11.3 Å². The average molecular weight is 281 g/mol. The van der Waals surface area contributed by atoms with Crippen LogP contribution in [0.25, 0.3) is 0 Å². The topological polar surface area (TPSA) is 72.3 Å². The van der Waals surface area contributed by atoms with Crippen molar-refractivity contribution in [3.63, 3.8) is 0 Å². The normalized spacial score (nSPS) is 20.0. The van der Waals surface area contributed by atoms with Gasteiger partial charge in [-0.15, -0.1) is 0 Å². The van der Waals surface area contributed by atoms with Crippen LogP contribution in [0.5, 0.6) is 0 Å². The zero-order valence-corrected chi connectivity index (χ0v) is 12.6. The lowest BCUT2D eigenvalue weighted by atomic mass is 10.2. The maximum absolute atomic E-state index is 12.1. The van der Waals surface area contributed by atoms with E-state index in [0.29, 0.717) is 13.1 Å². The van der Waals surface area contributed by atoms with E-state index in [0.717, 1.165) is 18.9 Å². The fourth-order valence-electron chi connectivity index (χ4n) is 2.20. The standard InChI is InChI=1S/C13H23N5O2/c1-5-18-11(15-9-16-18)10-8-17(7-6-14-10)12(19)20-13(2,3)4/h9-10,14H,5-8H2,1-4H3. The van der Waals surface area contributed by atoms with Crippen molar-refractivity contribution in [3.8, 4) is 0 Å². The van der Waals surface area contributed by atoms with Crippen LogP contribution in [0.1, 0.15) is 39.6 Å². The van der Waals surface area contributed by atoms with Crippen LogP contribution in [0.2, 0.25) is 0 Å². The van der Waals surface area contributed by atoms with Gasteiger partial charge in [-0.25, -0.2) is 14.5 Å². The summed E-state index contributed by atoms with van der Waals surface area (Å²) in [6.07, 6.45) is 1.28. The van der Waals surface area contributed by atoms with Gasteiger partial charge in [0.1, 0.15) is 17.8 Å². The summed E-state index contributed by atoms with van der Waals surface area (Å²) in [5.74, 6) is 0.862. The third kappa shape index (κ3) is 3.47. The Morgan fingerprint density at radius 2 is 2.30 bits per heavy atom. The molecule has 1 aliphatic rings. The SMILES string of the molecule is CCn1ncnc1C1CN(C(=O)OC(C)(C)C)CCN1. The third-order valence-electron chi connectivity index (χ3n) is 3.08. The molecule has 0 radical (unpaired) electrons. The minimum atomic E-state index is -0.471. The number of hydrogen-bond donors (Lipinski definition) is 1. The smallest absolute Gasteiger partial charge is 0.410 e. The molecule has 7 heteroatoms. The number of aromatic nitrogens is 3. The molecular formula is C13H23N5O2. The van der Waals surface area contributed by atoms with Crippen molar-refractivity contribution < 1.29 is 9.53 Å². The van der Waals surface area contributed by atoms with Crippen molar-refractivity contribution in [1.29, 1.82) is 0 Å². The Morgan fingerprint density at radius 1 is 1.55 bits per heavy atom. The number of rotatable bonds is 2. The first-order valence-electron chi connectivity index (χ1n) is 6.99. The lowest BCUT2D eigenvalue weighted by Crippen LogP contribution is -2.50. The molecule has 2 rings (SSSR count). The van der Waals surface area contributed by atoms with Gasteiger partial charge in [0.2, 0.25) is 0 Å². The first-order chi connectivity index (χ1) is 9.40. The Kier molecular flexibility index (Phi) is 4.27. The van der Waals surface area contributed by atoms with Gasteiger partial charge in [0.05, 0.1) is 6.04 Å². The van der Waals surface area contributed by atoms with Crippen LogP contribution >= 0.6 is 0 Å². The Hall–Kier alpha value is -1.63. The highest BCUT2D eigenvalue weighted by Gasteiger charge is 2.29. The minimum Gasteiger partial charge on any atom is -0.444 e. The molecule has 112 valence electrons. The largest absolute Gasteiger partial charge is 0.444 e. The number of amides is 1. The van der Waals surface area contributed by atoms with E-state index in [1.165, 1.54) is 0 Å². The summed E-state index contributed by atoms with van der Waals surface area (Å²) in [6.45, 7) is 10.3. The van der Waals surface area contributed by atoms with Crippen molar-refractivity contribution in [2.45, 2.75) is 45.9 Å². The van der Waals surface area contributed by atoms with Crippen LogP contribution in [0.4, 0.5) is 4.79 Å². The van der Waals surface area contributed by atoms with E-state index in [9.17, 15) is 4.79 Å². The Labute approximate surface area is 119 Å². The third-order valence-corrected chi connectivity index (χ3v) is 3.08. The zero-order chi connectivity index (χ0) is 14.8. The number of carbonyl (C=O) groups excluding carboxylic acids is 1. The van der Waals surface area contributed by atoms with Gasteiger partial charge in [-0.1, -0.05) is 0 Å². The summed E-state index contributed by atoms with van der Waals surface area (Å²) in [4.78, 5) is 18.1. The predicted molar refractivity (Wildman–Crippen MR) is 74.2 cm³/mol. The lowest BCUT2D eigenvalue weighted by molar-refractivity contribution is 0.0191. The molecule has 1 aromatic rings. The summed E-state index contributed by atoms with van der Waals surface area (Å²) < 4.78 is 7.26. The Balaban J connectivity index is 2.03. The lowest BCUT2D eigenvalue weighted by Gasteiger charge is -2.34. The van der Waals surface area contributed by atoms with Crippen molar-refractivity contribution in [3.05, 3.63) is 12.2 Å². The molecule has 0 aromatic carbocycles. The maximum atomic E-state index is 12.1. The summed E-state index contributed by atoms with van der Waals surface area (Å²) in [5.41, 5.74) is -0.471. The van der Waals surface area contributed by atoms with Crippen LogP contribution in [0.15, 0.2) is 6.33 Å². The highest BCUT2D eigenvalue weighted by Crippen LogP contribution is 2.17. The van der Waals surface area contributed by atoms with Gasteiger partial charge in [0, 0.05) is 26.2 Å². The molecule has 0 aliphatic carbocycles. The van der Waals surface area contributed by atoms with Crippen molar-refractivity contribution in [2.75, 3.05) is 19.6 Å². The molecule has 1 atom stereocenters. The fourth-order valence-corrected chi connectivity index (χ4v) is 2.20. The zero-order valence-electron chi connectivity index (χ0n) is 12.6. The van der Waals surface area contributed by atoms with E-state index in [2.05, 4.69) is 15.4 Å². The van der Waals surface area contributed by atoms with Gasteiger partial charge < -0.3 is 15.0 Å². The molecule has 0 saturated carbocycles. The second-order valence-electron chi connectivity index (χ2n) is 5.87. The number of hydrogen-bond acceptors (Lipinski definition) is 5. The Morgan fingerprint density at radius 3 is 2.95 bits per heavy atom. The van der Waals surface area contributed by atoms with Gasteiger partial charge >= 0.3 is 6.09 Å². The van der Waals surface area contributed by atoms with Gasteiger partial charge in [0.15, 0.2) is 0 Å². The van der Waals surface area contributed by atoms with Crippen molar-refractivity contribution >= 4 is 6.09 Å². The average Bonchev–Trinajstić information content (AvgIpc) is 2.85. The quantitative estimate of drug-likeness (QED) is 0.881. The van der Waals surface area contributed by atoms with E-state index in [1.54, 1.807) is 11.2 Å². The maximum Gasteiger partial charge on any atom is 0.410 e. The molecule has 1 unspecified atom stereocenters. The molecule has 0 spiro atoms. The molecular weight excluding hydrogens is 258 g/mol. The van der Waals surface area contributed by atoms with Crippen LogP contribution in [0, 0.1) is 0 Å². The Bertz CT molecular complexity index is 466. The van der Waals surface area contributed by atoms with E-state index in [4.69, 9.17) is 4.74 Å². The number of piperazine rings is 1. The highest BCUT2D eigenvalue weighted by atomic mass is 16.6. The molecule has 20 heavy (non-hydrogen) atoms. The van der Waals surface area contributed by atoms with Gasteiger partial charge in [-0.3, -0.25) is 0 Å². The molecule has 1 N–H and O–H groups in total. The van der Waals surface area contributed by atoms with Crippen LogP contribution in [0.3, 0.4) is 0 Å². The number of nitrogens with zero attached hydrogens (tertiary/aromatic N) is 4. The van der Waals surface area contributed by atoms with Crippen LogP contribution < -0.4 is 5.32 Å². The van der Waals surface area contributed by atoms with Gasteiger partial charge in [-0.05, 0) is 27.7 Å². The summed E-state index contributed by atoms with van der Waals surface area (Å²) in [5, 5.41) is 7.54. The number of nitrogens with one attached hydrogen (secondary N) is 1. The molecule has 1 aliphatic heterocycles. The second-order valence-corrected chi connectivity index (χ2v) is 5.87. The van der Waals surface area contributed by atoms with E-state index >= 15 is 0 Å². The van der Waals surface area contributed by atoms with E-state index in [-0.39, 0.29) is 12.1 Å². The highest BCUT2D eigenvalue weighted by molar-refractivity contribution is 5.68. The molecule has 1 fully saturated rings. The second kappa shape index (κ2) is 5.78. The van der Waals surface area contributed by atoms with Crippen LogP contribution in [-0.4, -0.2) is 51.0 Å². The van der Waals surface area contributed by atoms with E-state index < -0.39 is 5.60 Å². The summed E-state index contributed by atoms with van der Waals surface area (Å²) in [7, 11) is 0. The van der Waals surface area contributed by atoms with Crippen molar-refractivity contribution in [2.24, 2.45) is 0 Å². The molecule has 2 heterocycles. The molecule has 7 nitrogen and oxygen atoms in total. The van der Waals surface area contributed by atoms with E-state index in [1.807, 2.05) is 32.4 Å². The number of carbonyl (C=O) groups is 1. The van der Waals surface area contributed by atoms with Gasteiger partial charge in [-0.2, -0.15) is 5.10 Å². The van der Waals surface area contributed by atoms with Crippen molar-refractivity contribution in [1.82, 2.24) is 25.0 Å². The minimum absolute atomic E-state index is 0.00119. The first kappa shape index (κ1) is 14.8. The summed E-state index contributed by atoms with van der Waals surface area (Å²) >= 11 is 0. The van der Waals surface area contributed by atoms with Gasteiger partial charge in [0.25, 0.3) is 0 Å². The number of aryl methyl sites for hydroxylation is 1. The predicted octanol–water partition coefficient (Wildman–Crippen LogP) is 1.18. The first-order valence-corrected chi connectivity index (χ1v) is 6.99. The molecule has 1 aromatic heterocycles. The molecule has 1 saturated heterocycles. The molecule has 0 bridgehead atoms. The fraction of sp³-hybridized carbons (Fsp3) is 0.769. The monoisotopic (exact) mass is 281 g/mol.